The van der Waals surface area contributed by atoms with Crippen LogP contribution in [-0.4, -0.2) is 31.1 Å². The molecule has 0 unspecified atom stereocenters. The summed E-state index contributed by atoms with van der Waals surface area (Å²) in [6.07, 6.45) is 0.809. The fraction of sp³-hybridized carbons (Fsp3) is 0.412. The largest absolute Gasteiger partial charge is 0.350 e. The molecule has 2 heterocycles. The maximum absolute atomic E-state index is 12.8. The zero-order chi connectivity index (χ0) is 18.3. The summed E-state index contributed by atoms with van der Waals surface area (Å²) in [5.41, 5.74) is 0.0654. The van der Waals surface area contributed by atoms with E-state index in [1.54, 1.807) is 18.2 Å². The van der Waals surface area contributed by atoms with E-state index < -0.39 is 5.69 Å². The molecule has 2 aromatic heterocycles. The number of nitrogens with one attached hydrogen (secondary N) is 2. The van der Waals surface area contributed by atoms with Gasteiger partial charge >= 0.3 is 5.69 Å². The molecule has 0 aliphatic carbocycles. The first-order valence-electron chi connectivity index (χ1n) is 8.31. The summed E-state index contributed by atoms with van der Waals surface area (Å²) in [6, 6.07) is 4.62. The van der Waals surface area contributed by atoms with Crippen molar-refractivity contribution in [3.8, 4) is 0 Å². The Hall–Kier alpha value is -2.90. The van der Waals surface area contributed by atoms with Crippen molar-refractivity contribution in [1.29, 1.82) is 0 Å². The summed E-state index contributed by atoms with van der Waals surface area (Å²) in [5.74, 6) is -0.00836. The first kappa shape index (κ1) is 16.9. The highest BCUT2D eigenvalue weighted by molar-refractivity contribution is 5.98. The molecule has 0 radical (unpaired) electrons. The third kappa shape index (κ3) is 2.73. The number of benzene rings is 1. The second-order valence-corrected chi connectivity index (χ2v) is 6.45. The second-order valence-electron chi connectivity index (χ2n) is 6.45. The van der Waals surface area contributed by atoms with Crippen molar-refractivity contribution in [3.63, 3.8) is 0 Å². The van der Waals surface area contributed by atoms with Crippen LogP contribution in [-0.2, 0) is 0 Å². The minimum atomic E-state index is -0.450. The van der Waals surface area contributed by atoms with Crippen LogP contribution in [0.3, 0.4) is 0 Å². The van der Waals surface area contributed by atoms with E-state index in [4.69, 9.17) is 0 Å². The quantitative estimate of drug-likeness (QED) is 0.748. The van der Waals surface area contributed by atoms with Gasteiger partial charge in [-0.1, -0.05) is 6.92 Å². The average Bonchev–Trinajstić information content (AvgIpc) is 2.95. The molecule has 3 aromatic rings. The lowest BCUT2D eigenvalue weighted by atomic mass is 10.1. The van der Waals surface area contributed by atoms with E-state index in [1.165, 1.54) is 8.97 Å². The zero-order valence-electron chi connectivity index (χ0n) is 14.7. The van der Waals surface area contributed by atoms with Gasteiger partial charge in [0.25, 0.3) is 11.5 Å². The molecule has 0 saturated carbocycles. The van der Waals surface area contributed by atoms with Crippen molar-refractivity contribution >= 4 is 22.6 Å². The molecule has 25 heavy (non-hydrogen) atoms. The van der Waals surface area contributed by atoms with Crippen LogP contribution in [0.5, 0.6) is 0 Å². The first-order valence-corrected chi connectivity index (χ1v) is 8.31. The second kappa shape index (κ2) is 6.19. The number of H-pyrrole nitrogens is 1. The number of fused-ring (bicyclic) bond motifs is 3. The lowest BCUT2D eigenvalue weighted by Crippen LogP contribution is -2.32. The van der Waals surface area contributed by atoms with Crippen molar-refractivity contribution < 1.29 is 4.79 Å². The van der Waals surface area contributed by atoms with E-state index in [-0.39, 0.29) is 29.3 Å². The number of aromatic nitrogens is 4. The molecule has 8 nitrogen and oxygen atoms in total. The van der Waals surface area contributed by atoms with Gasteiger partial charge in [0.1, 0.15) is 0 Å². The first-order chi connectivity index (χ1) is 11.8. The van der Waals surface area contributed by atoms with Gasteiger partial charge in [-0.25, -0.2) is 14.3 Å². The van der Waals surface area contributed by atoms with Crippen LogP contribution >= 0.6 is 0 Å². The standard InChI is InChI=1S/C17H21N5O3/c1-5-10(4)18-14(23)11-6-7-12-13(8-11)22-16(19-20-17(22)25)21(9(2)3)15(12)24/h6-10H,5H2,1-4H3,(H,18,23)(H,20,25)/t10-/m0/s1. The van der Waals surface area contributed by atoms with Crippen molar-refractivity contribution in [2.75, 3.05) is 0 Å². The molecule has 0 aliphatic rings. The summed E-state index contributed by atoms with van der Waals surface area (Å²) in [6.45, 7) is 7.59. The molecule has 1 aromatic carbocycles. The number of rotatable bonds is 4. The Morgan fingerprint density at radius 3 is 2.64 bits per heavy atom. The van der Waals surface area contributed by atoms with Crippen molar-refractivity contribution in [2.24, 2.45) is 0 Å². The number of hydrogen-bond donors (Lipinski definition) is 2. The summed E-state index contributed by atoms with van der Waals surface area (Å²) < 4.78 is 2.79. The number of aromatic amines is 1. The highest BCUT2D eigenvalue weighted by atomic mass is 16.2. The van der Waals surface area contributed by atoms with Gasteiger partial charge in [-0.05, 0) is 45.4 Å². The summed E-state index contributed by atoms with van der Waals surface area (Å²) >= 11 is 0. The van der Waals surface area contributed by atoms with Gasteiger partial charge in [-0.15, -0.1) is 5.10 Å². The van der Waals surface area contributed by atoms with E-state index in [9.17, 15) is 14.4 Å². The van der Waals surface area contributed by atoms with Crippen LogP contribution in [0.25, 0.3) is 16.7 Å². The molecule has 3 rings (SSSR count). The Balaban J connectivity index is 2.30. The SMILES string of the molecule is CC[C@H](C)NC(=O)c1ccc2c(=O)n(C(C)C)c3n[nH]c(=O)n3c2c1. The van der Waals surface area contributed by atoms with Gasteiger partial charge < -0.3 is 5.32 Å². The van der Waals surface area contributed by atoms with E-state index in [2.05, 4.69) is 15.5 Å². The predicted octanol–water partition coefficient (Wildman–Crippen LogP) is 1.45. The molecule has 2 N–H and O–H groups in total. The molecular weight excluding hydrogens is 322 g/mol. The minimum Gasteiger partial charge on any atom is -0.350 e. The average molecular weight is 343 g/mol. The molecule has 0 spiro atoms. The van der Waals surface area contributed by atoms with Gasteiger partial charge in [0, 0.05) is 17.6 Å². The van der Waals surface area contributed by atoms with E-state index in [0.29, 0.717) is 16.5 Å². The number of hydrogen-bond acceptors (Lipinski definition) is 4. The van der Waals surface area contributed by atoms with Crippen molar-refractivity contribution in [1.82, 2.24) is 24.5 Å². The Morgan fingerprint density at radius 2 is 2.00 bits per heavy atom. The summed E-state index contributed by atoms with van der Waals surface area (Å²) in [5, 5.41) is 9.60. The van der Waals surface area contributed by atoms with Crippen molar-refractivity contribution in [3.05, 3.63) is 44.6 Å². The molecular formula is C17H21N5O3. The molecule has 8 heteroatoms. The predicted molar refractivity (Wildman–Crippen MR) is 95.2 cm³/mol. The van der Waals surface area contributed by atoms with Crippen LogP contribution in [0.1, 0.15) is 50.5 Å². The van der Waals surface area contributed by atoms with E-state index >= 15 is 0 Å². The van der Waals surface area contributed by atoms with Crippen LogP contribution in [0.2, 0.25) is 0 Å². The van der Waals surface area contributed by atoms with Gasteiger partial charge in [0.2, 0.25) is 5.78 Å². The Bertz CT molecular complexity index is 1070. The van der Waals surface area contributed by atoms with E-state index in [1.807, 2.05) is 27.7 Å². The van der Waals surface area contributed by atoms with Gasteiger partial charge in [-0.3, -0.25) is 14.2 Å². The number of amides is 1. The minimum absolute atomic E-state index is 0.0359. The third-order valence-electron chi connectivity index (χ3n) is 4.33. The zero-order valence-corrected chi connectivity index (χ0v) is 14.7. The van der Waals surface area contributed by atoms with Crippen LogP contribution < -0.4 is 16.6 Å². The van der Waals surface area contributed by atoms with Crippen LogP contribution in [0, 0.1) is 0 Å². The van der Waals surface area contributed by atoms with Crippen molar-refractivity contribution in [2.45, 2.75) is 46.2 Å². The van der Waals surface area contributed by atoms with E-state index in [0.717, 1.165) is 6.42 Å². The lowest BCUT2D eigenvalue weighted by molar-refractivity contribution is 0.0939. The highest BCUT2D eigenvalue weighted by Crippen LogP contribution is 2.16. The highest BCUT2D eigenvalue weighted by Gasteiger charge is 2.18. The fourth-order valence-electron chi connectivity index (χ4n) is 2.80. The van der Waals surface area contributed by atoms with Gasteiger partial charge in [-0.2, -0.15) is 0 Å². The molecule has 0 saturated heterocycles. The normalized spacial score (nSPS) is 12.8. The Labute approximate surface area is 143 Å². The molecule has 132 valence electrons. The smallest absolute Gasteiger partial charge is 0.349 e. The van der Waals surface area contributed by atoms with Crippen LogP contribution in [0.4, 0.5) is 0 Å². The number of carbonyl (C=O) groups is 1. The molecule has 0 fully saturated rings. The monoisotopic (exact) mass is 343 g/mol. The molecule has 1 atom stereocenters. The third-order valence-corrected chi connectivity index (χ3v) is 4.33. The maximum Gasteiger partial charge on any atom is 0.349 e. The maximum atomic E-state index is 12.8. The number of nitrogens with zero attached hydrogens (tertiary/aromatic N) is 3. The lowest BCUT2D eigenvalue weighted by Gasteiger charge is -2.14. The molecule has 1 amide bonds. The number of carbonyl (C=O) groups excluding carboxylic acids is 1. The molecule has 0 aliphatic heterocycles. The topological polar surface area (TPSA) is 101 Å². The fourth-order valence-corrected chi connectivity index (χ4v) is 2.80. The van der Waals surface area contributed by atoms with Gasteiger partial charge in [0.05, 0.1) is 10.9 Å². The summed E-state index contributed by atoms with van der Waals surface area (Å²) in [7, 11) is 0. The van der Waals surface area contributed by atoms with Gasteiger partial charge in [0.15, 0.2) is 0 Å². The molecule has 0 bridgehead atoms. The van der Waals surface area contributed by atoms with Crippen LogP contribution in [0.15, 0.2) is 27.8 Å². The Morgan fingerprint density at radius 1 is 1.28 bits per heavy atom. The Kier molecular flexibility index (Phi) is 4.20. The summed E-state index contributed by atoms with van der Waals surface area (Å²) in [4.78, 5) is 37.4.